The van der Waals surface area contributed by atoms with Crippen LogP contribution in [-0.2, 0) is 14.3 Å². The molecule has 1 amide bonds. The Kier molecular flexibility index (Phi) is 4.06. The monoisotopic (exact) mass is 281 g/mol. The number of fused-ring (bicyclic) bond motifs is 1. The topological polar surface area (TPSA) is 55.8 Å². The molecule has 2 heterocycles. The molecule has 0 aromatic carbocycles. The third kappa shape index (κ3) is 2.19. The number of nitrogens with zero attached hydrogens (tertiary/aromatic N) is 1. The summed E-state index contributed by atoms with van der Waals surface area (Å²) >= 11 is 0. The van der Waals surface area contributed by atoms with Gasteiger partial charge >= 0.3 is 6.16 Å². The first-order valence-electron chi connectivity index (χ1n) is 7.22. The maximum absolute atomic E-state index is 12.2. The van der Waals surface area contributed by atoms with E-state index in [0.717, 1.165) is 11.3 Å². The van der Waals surface area contributed by atoms with Crippen molar-refractivity contribution in [2.45, 2.75) is 40.7 Å². The Morgan fingerprint density at radius 1 is 1.35 bits per heavy atom. The fourth-order valence-electron chi connectivity index (χ4n) is 3.36. The molecule has 0 spiro atoms. The second-order valence-corrected chi connectivity index (χ2v) is 5.84. The number of rotatable bonds is 4. The Bertz CT molecular complexity index is 455. The highest BCUT2D eigenvalue weighted by Gasteiger charge is 2.56. The van der Waals surface area contributed by atoms with Gasteiger partial charge in [0.05, 0.1) is 18.6 Å². The second-order valence-electron chi connectivity index (χ2n) is 5.84. The standard InChI is InChI=1S/C15H23NO4/c1-6-19-15(18)20-7-11-9(4)13-12(8(2)3)14(17)16(13)10(11)5/h8-9,12-13H,6-7H2,1-5H3. The minimum atomic E-state index is -0.652. The zero-order chi connectivity index (χ0) is 15.0. The van der Waals surface area contributed by atoms with Crippen molar-refractivity contribution in [2.75, 3.05) is 13.2 Å². The molecule has 5 heteroatoms. The van der Waals surface area contributed by atoms with Crippen LogP contribution in [0.2, 0.25) is 0 Å². The van der Waals surface area contributed by atoms with Gasteiger partial charge in [0.25, 0.3) is 0 Å². The summed E-state index contributed by atoms with van der Waals surface area (Å²) in [5.41, 5.74) is 1.97. The Balaban J connectivity index is 2.06. The fraction of sp³-hybridized carbons (Fsp3) is 0.733. The average Bonchev–Trinajstić information content (AvgIpc) is 2.55. The predicted octanol–water partition coefficient (Wildman–Crippen LogP) is 2.57. The molecule has 1 fully saturated rings. The molecule has 2 aliphatic rings. The van der Waals surface area contributed by atoms with Crippen LogP contribution in [-0.4, -0.2) is 36.2 Å². The Hall–Kier alpha value is -1.52. The first-order chi connectivity index (χ1) is 9.40. The van der Waals surface area contributed by atoms with Crippen molar-refractivity contribution in [3.63, 3.8) is 0 Å². The van der Waals surface area contributed by atoms with Gasteiger partial charge in [0.15, 0.2) is 0 Å². The van der Waals surface area contributed by atoms with Crippen molar-refractivity contribution < 1.29 is 19.1 Å². The molecule has 0 bridgehead atoms. The van der Waals surface area contributed by atoms with E-state index in [1.54, 1.807) is 6.92 Å². The van der Waals surface area contributed by atoms with Crippen molar-refractivity contribution in [2.24, 2.45) is 17.8 Å². The van der Waals surface area contributed by atoms with Gasteiger partial charge in [-0.3, -0.25) is 4.79 Å². The van der Waals surface area contributed by atoms with Gasteiger partial charge in [-0.25, -0.2) is 4.79 Å². The normalized spacial score (nSPS) is 28.6. The number of hydrogen-bond acceptors (Lipinski definition) is 4. The summed E-state index contributed by atoms with van der Waals surface area (Å²) in [5, 5.41) is 0. The number of hydrogen-bond donors (Lipinski definition) is 0. The highest BCUT2D eigenvalue weighted by Crippen LogP contribution is 2.48. The number of amides is 1. The van der Waals surface area contributed by atoms with E-state index >= 15 is 0 Å². The predicted molar refractivity (Wildman–Crippen MR) is 73.8 cm³/mol. The third-order valence-electron chi connectivity index (χ3n) is 4.40. The summed E-state index contributed by atoms with van der Waals surface area (Å²) < 4.78 is 9.86. The smallest absolute Gasteiger partial charge is 0.435 e. The molecular weight excluding hydrogens is 258 g/mol. The van der Waals surface area contributed by atoms with Crippen LogP contribution in [0.5, 0.6) is 0 Å². The number of carbonyl (C=O) groups excluding carboxylic acids is 2. The SMILES string of the molecule is CCOC(=O)OCC1=C(C)N2C(=O)C(C(C)C)C2C1C. The van der Waals surface area contributed by atoms with Crippen molar-refractivity contribution in [1.29, 1.82) is 0 Å². The number of ether oxygens (including phenoxy) is 2. The number of carbonyl (C=O) groups is 2. The molecule has 5 nitrogen and oxygen atoms in total. The van der Waals surface area contributed by atoms with Crippen LogP contribution in [0, 0.1) is 17.8 Å². The van der Waals surface area contributed by atoms with Crippen molar-refractivity contribution in [3.05, 3.63) is 11.3 Å². The van der Waals surface area contributed by atoms with Crippen LogP contribution in [0.15, 0.2) is 11.3 Å². The van der Waals surface area contributed by atoms with E-state index < -0.39 is 6.16 Å². The summed E-state index contributed by atoms with van der Waals surface area (Å²) in [4.78, 5) is 25.3. The van der Waals surface area contributed by atoms with Crippen molar-refractivity contribution >= 4 is 12.1 Å². The van der Waals surface area contributed by atoms with Crippen molar-refractivity contribution in [1.82, 2.24) is 4.90 Å². The van der Waals surface area contributed by atoms with Gasteiger partial charge in [-0.15, -0.1) is 0 Å². The average molecular weight is 281 g/mol. The molecular formula is C15H23NO4. The Morgan fingerprint density at radius 3 is 2.55 bits per heavy atom. The minimum absolute atomic E-state index is 0.0834. The molecule has 0 N–H and O–H groups in total. The van der Waals surface area contributed by atoms with Gasteiger partial charge in [-0.1, -0.05) is 20.8 Å². The van der Waals surface area contributed by atoms with Crippen LogP contribution < -0.4 is 0 Å². The fourth-order valence-corrected chi connectivity index (χ4v) is 3.36. The summed E-state index contributed by atoms with van der Waals surface area (Å²) in [6, 6.07) is 0.225. The lowest BCUT2D eigenvalue weighted by Gasteiger charge is -2.47. The van der Waals surface area contributed by atoms with E-state index in [1.165, 1.54) is 0 Å². The molecule has 1 saturated heterocycles. The van der Waals surface area contributed by atoms with Gasteiger partial charge in [0.2, 0.25) is 5.91 Å². The lowest BCUT2D eigenvalue weighted by molar-refractivity contribution is -0.155. The molecule has 3 atom stereocenters. The van der Waals surface area contributed by atoms with Crippen molar-refractivity contribution in [3.8, 4) is 0 Å². The first-order valence-corrected chi connectivity index (χ1v) is 7.22. The largest absolute Gasteiger partial charge is 0.508 e. The van der Waals surface area contributed by atoms with Crippen LogP contribution in [0.3, 0.4) is 0 Å². The molecule has 112 valence electrons. The quantitative estimate of drug-likeness (QED) is 0.587. The van der Waals surface area contributed by atoms with E-state index in [2.05, 4.69) is 20.8 Å². The third-order valence-corrected chi connectivity index (χ3v) is 4.40. The van der Waals surface area contributed by atoms with E-state index in [1.807, 2.05) is 11.8 Å². The van der Waals surface area contributed by atoms with Gasteiger partial charge in [0.1, 0.15) is 6.61 Å². The molecule has 2 rings (SSSR count). The summed E-state index contributed by atoms with van der Waals surface area (Å²) in [5.74, 6) is 0.847. The zero-order valence-electron chi connectivity index (χ0n) is 12.8. The summed E-state index contributed by atoms with van der Waals surface area (Å²) in [7, 11) is 0. The molecule has 0 saturated carbocycles. The number of allylic oxidation sites excluding steroid dienone is 1. The summed E-state index contributed by atoms with van der Waals surface area (Å²) in [6.07, 6.45) is -0.652. The molecule has 20 heavy (non-hydrogen) atoms. The highest BCUT2D eigenvalue weighted by molar-refractivity contribution is 5.89. The second kappa shape index (κ2) is 5.46. The molecule has 0 radical (unpaired) electrons. The number of β-lactam (4-membered cyclic amide) rings is 1. The molecule has 0 aromatic heterocycles. The first kappa shape index (κ1) is 14.9. The van der Waals surface area contributed by atoms with E-state index in [4.69, 9.17) is 9.47 Å². The maximum atomic E-state index is 12.2. The summed E-state index contributed by atoms with van der Waals surface area (Å²) in [6.45, 7) is 10.4. The minimum Gasteiger partial charge on any atom is -0.435 e. The van der Waals surface area contributed by atoms with Crippen LogP contribution in [0.1, 0.15) is 34.6 Å². The van der Waals surface area contributed by atoms with Gasteiger partial charge in [-0.05, 0) is 25.3 Å². The molecule has 3 unspecified atom stereocenters. The lowest BCUT2D eigenvalue weighted by Crippen LogP contribution is -2.61. The highest BCUT2D eigenvalue weighted by atomic mass is 16.7. The Morgan fingerprint density at radius 2 is 2.00 bits per heavy atom. The molecule has 0 aromatic rings. The van der Waals surface area contributed by atoms with E-state index in [9.17, 15) is 9.59 Å². The van der Waals surface area contributed by atoms with Gasteiger partial charge in [0, 0.05) is 11.6 Å². The van der Waals surface area contributed by atoms with Crippen LogP contribution in [0.4, 0.5) is 4.79 Å². The Labute approximate surface area is 119 Å². The molecule has 2 aliphatic heterocycles. The molecule has 0 aliphatic carbocycles. The van der Waals surface area contributed by atoms with E-state index in [-0.39, 0.29) is 30.4 Å². The maximum Gasteiger partial charge on any atom is 0.508 e. The van der Waals surface area contributed by atoms with Crippen LogP contribution >= 0.6 is 0 Å². The van der Waals surface area contributed by atoms with Gasteiger partial charge in [-0.2, -0.15) is 0 Å². The zero-order valence-corrected chi connectivity index (χ0v) is 12.8. The van der Waals surface area contributed by atoms with E-state index in [0.29, 0.717) is 12.5 Å². The van der Waals surface area contributed by atoms with Gasteiger partial charge < -0.3 is 14.4 Å². The lowest BCUT2D eigenvalue weighted by atomic mass is 9.74. The van der Waals surface area contributed by atoms with Crippen LogP contribution in [0.25, 0.3) is 0 Å².